The summed E-state index contributed by atoms with van der Waals surface area (Å²) in [6.07, 6.45) is -7.66. The van der Waals surface area contributed by atoms with E-state index in [1.807, 2.05) is 0 Å². The molecule has 1 unspecified atom stereocenters. The van der Waals surface area contributed by atoms with Crippen LogP contribution in [0.4, 0.5) is 30.7 Å². The minimum atomic E-state index is -5.98. The SMILES string of the molecule is C=C(C)/C(COC(c1ccc([C@]2([S+]([O-])c3ccc(F)cc3)CCN(C(=O)C3CCCCC3)C2)cc1)(C(F)(F)F)C(F)(F)F)=C(/C)O. The van der Waals surface area contributed by atoms with Gasteiger partial charge in [-0.25, -0.2) is 4.39 Å². The van der Waals surface area contributed by atoms with Crippen LogP contribution in [-0.4, -0.2) is 52.5 Å². The molecule has 252 valence electrons. The van der Waals surface area contributed by atoms with Gasteiger partial charge in [-0.15, -0.1) is 0 Å². The molecule has 2 atom stereocenters. The second-order valence-corrected chi connectivity index (χ2v) is 13.7. The van der Waals surface area contributed by atoms with Gasteiger partial charge in [0, 0.05) is 35.6 Å². The summed E-state index contributed by atoms with van der Waals surface area (Å²) >= 11 is -1.98. The molecule has 5 nitrogen and oxygen atoms in total. The zero-order chi connectivity index (χ0) is 34.1. The fourth-order valence-corrected chi connectivity index (χ4v) is 8.05. The molecule has 2 aromatic rings. The minimum absolute atomic E-state index is 0.0207. The Hall–Kier alpha value is -3.03. The van der Waals surface area contributed by atoms with Gasteiger partial charge in [-0.1, -0.05) is 50.1 Å². The number of carbonyl (C=O) groups is 1. The van der Waals surface area contributed by atoms with Crippen molar-refractivity contribution >= 4 is 17.1 Å². The number of carbonyl (C=O) groups excluding carboxylic acids is 1. The number of rotatable bonds is 9. The molecule has 4 rings (SSSR count). The molecule has 1 heterocycles. The molecule has 0 radical (unpaired) electrons. The van der Waals surface area contributed by atoms with E-state index in [4.69, 9.17) is 0 Å². The van der Waals surface area contributed by atoms with Crippen molar-refractivity contribution in [1.82, 2.24) is 4.90 Å². The number of hydrogen-bond acceptors (Lipinski definition) is 4. The molecule has 0 bridgehead atoms. The van der Waals surface area contributed by atoms with Crippen molar-refractivity contribution in [3.8, 4) is 0 Å². The van der Waals surface area contributed by atoms with Crippen LogP contribution >= 0.6 is 0 Å². The number of likely N-dealkylation sites (tertiary alicyclic amines) is 1. The molecule has 46 heavy (non-hydrogen) atoms. The number of alkyl halides is 6. The summed E-state index contributed by atoms with van der Waals surface area (Å²) in [6, 6.07) is 8.18. The van der Waals surface area contributed by atoms with Gasteiger partial charge in [0.1, 0.15) is 5.82 Å². The molecule has 1 saturated heterocycles. The van der Waals surface area contributed by atoms with Gasteiger partial charge in [0.25, 0.3) is 5.60 Å². The Balaban J connectivity index is 1.79. The Labute approximate surface area is 266 Å². The highest BCUT2D eigenvalue weighted by Gasteiger charge is 2.73. The summed E-state index contributed by atoms with van der Waals surface area (Å²) < 4.78 is 118. The molecular formula is C33H36F7NO4S. The Morgan fingerprint density at radius 1 is 1.00 bits per heavy atom. The number of halogens is 7. The average Bonchev–Trinajstić information content (AvgIpc) is 3.44. The van der Waals surface area contributed by atoms with Gasteiger partial charge in [0.05, 0.1) is 18.9 Å². The van der Waals surface area contributed by atoms with E-state index in [0.717, 1.165) is 50.5 Å². The normalized spacial score (nSPS) is 21.2. The summed E-state index contributed by atoms with van der Waals surface area (Å²) in [7, 11) is 0. The van der Waals surface area contributed by atoms with Crippen LogP contribution in [0.1, 0.15) is 63.5 Å². The van der Waals surface area contributed by atoms with Gasteiger partial charge in [-0.3, -0.25) is 4.79 Å². The highest BCUT2D eigenvalue weighted by atomic mass is 32.2. The lowest BCUT2D eigenvalue weighted by Crippen LogP contribution is -2.56. The lowest BCUT2D eigenvalue weighted by Gasteiger charge is -2.38. The first-order valence-electron chi connectivity index (χ1n) is 14.8. The Morgan fingerprint density at radius 3 is 2.07 bits per heavy atom. The van der Waals surface area contributed by atoms with Gasteiger partial charge in [-0.05, 0) is 67.7 Å². The van der Waals surface area contributed by atoms with Crippen LogP contribution in [0.2, 0.25) is 0 Å². The zero-order valence-electron chi connectivity index (χ0n) is 25.4. The first kappa shape index (κ1) is 35.8. The predicted octanol–water partition coefficient (Wildman–Crippen LogP) is 8.39. The summed E-state index contributed by atoms with van der Waals surface area (Å²) in [6.45, 7) is 4.74. The standard InChI is InChI=1S/C33H36F7NO4S/c1-21(2)28(22(3)42)19-45-31(32(35,36)37,33(38,39)40)25-11-9-24(10-12-25)30(46(44)27-15-13-26(34)14-16-27)17-18-41(20-30)29(43)23-7-5-4-6-8-23/h9-16,23,42H,1,4-8,17-20H2,2-3H3/b28-22-/t30-,46?/m0/s1. The van der Waals surface area contributed by atoms with E-state index in [0.29, 0.717) is 25.0 Å². The van der Waals surface area contributed by atoms with Crippen LogP contribution in [0, 0.1) is 11.7 Å². The number of aliphatic hydroxyl groups excluding tert-OH is 1. The average molecular weight is 676 g/mol. The van der Waals surface area contributed by atoms with Crippen molar-refractivity contribution < 1.29 is 49.9 Å². The summed E-state index contributed by atoms with van der Waals surface area (Å²) in [5, 5.41) is 9.85. The third-order valence-electron chi connectivity index (χ3n) is 8.88. The summed E-state index contributed by atoms with van der Waals surface area (Å²) in [5.41, 5.74) is -6.20. The highest BCUT2D eigenvalue weighted by molar-refractivity contribution is 7.92. The number of nitrogens with zero attached hydrogens (tertiary/aromatic N) is 1. The van der Waals surface area contributed by atoms with Crippen molar-refractivity contribution in [3.63, 3.8) is 0 Å². The van der Waals surface area contributed by atoms with Crippen LogP contribution in [-0.2, 0) is 31.1 Å². The Kier molecular flexibility index (Phi) is 10.6. The van der Waals surface area contributed by atoms with Crippen LogP contribution in [0.3, 0.4) is 0 Å². The number of allylic oxidation sites excluding steroid dienone is 1. The fraction of sp³-hybridized carbons (Fsp3) is 0.485. The number of benzene rings is 2. The van der Waals surface area contributed by atoms with Gasteiger partial charge in [-0.2, -0.15) is 26.3 Å². The van der Waals surface area contributed by atoms with Crippen molar-refractivity contribution in [2.45, 2.75) is 80.0 Å². The minimum Gasteiger partial charge on any atom is -0.611 e. The lowest BCUT2D eigenvalue weighted by atomic mass is 9.88. The molecule has 1 aliphatic carbocycles. The van der Waals surface area contributed by atoms with Crippen molar-refractivity contribution in [2.24, 2.45) is 5.92 Å². The van der Waals surface area contributed by atoms with Gasteiger partial charge >= 0.3 is 12.4 Å². The van der Waals surface area contributed by atoms with Gasteiger partial charge in [0.2, 0.25) is 5.91 Å². The van der Waals surface area contributed by atoms with Crippen LogP contribution in [0.15, 0.2) is 76.9 Å². The van der Waals surface area contributed by atoms with Crippen LogP contribution < -0.4 is 0 Å². The lowest BCUT2D eigenvalue weighted by molar-refractivity contribution is -0.387. The monoisotopic (exact) mass is 675 g/mol. The maximum Gasteiger partial charge on any atom is 0.430 e. The van der Waals surface area contributed by atoms with Crippen LogP contribution in [0.5, 0.6) is 0 Å². The first-order valence-corrected chi connectivity index (χ1v) is 16.0. The van der Waals surface area contributed by atoms with Crippen molar-refractivity contribution in [2.75, 3.05) is 19.7 Å². The van der Waals surface area contributed by atoms with Crippen molar-refractivity contribution in [1.29, 1.82) is 0 Å². The quantitative estimate of drug-likeness (QED) is 0.126. The molecule has 2 aromatic carbocycles. The third kappa shape index (κ3) is 6.82. The number of amides is 1. The Bertz CT molecular complexity index is 1420. The number of ether oxygens (including phenoxy) is 1. The van der Waals surface area contributed by atoms with Gasteiger partial charge in [0.15, 0.2) is 9.64 Å². The fourth-order valence-electron chi connectivity index (χ4n) is 6.32. The molecular weight excluding hydrogens is 639 g/mol. The van der Waals surface area contributed by atoms with Gasteiger partial charge < -0.3 is 19.3 Å². The molecule has 13 heteroatoms. The first-order chi connectivity index (χ1) is 21.4. The van der Waals surface area contributed by atoms with E-state index in [1.165, 1.54) is 19.1 Å². The van der Waals surface area contributed by atoms with E-state index in [1.54, 1.807) is 4.90 Å². The zero-order valence-corrected chi connectivity index (χ0v) is 26.3. The molecule has 1 aliphatic heterocycles. The van der Waals surface area contributed by atoms with E-state index in [-0.39, 0.29) is 52.9 Å². The smallest absolute Gasteiger partial charge is 0.430 e. The molecule has 1 saturated carbocycles. The van der Waals surface area contributed by atoms with E-state index >= 15 is 0 Å². The third-order valence-corrected chi connectivity index (χ3v) is 10.9. The maximum atomic E-state index is 14.5. The largest absolute Gasteiger partial charge is 0.611 e. The molecule has 2 aliphatic rings. The van der Waals surface area contributed by atoms with Crippen LogP contribution in [0.25, 0.3) is 0 Å². The predicted molar refractivity (Wildman–Crippen MR) is 159 cm³/mol. The number of hydrogen-bond donors (Lipinski definition) is 1. The van der Waals surface area contributed by atoms with E-state index in [2.05, 4.69) is 11.3 Å². The molecule has 0 spiro atoms. The van der Waals surface area contributed by atoms with E-state index in [9.17, 15) is 45.2 Å². The summed E-state index contributed by atoms with van der Waals surface area (Å²) in [5.74, 6) is -1.48. The molecule has 1 amide bonds. The second kappa shape index (κ2) is 13.6. The second-order valence-electron chi connectivity index (χ2n) is 11.9. The summed E-state index contributed by atoms with van der Waals surface area (Å²) in [4.78, 5) is 15.2. The number of aliphatic hydroxyl groups is 1. The topological polar surface area (TPSA) is 72.8 Å². The van der Waals surface area contributed by atoms with E-state index < -0.39 is 57.6 Å². The van der Waals surface area contributed by atoms with Crippen molar-refractivity contribution in [3.05, 3.63) is 89.0 Å². The Morgan fingerprint density at radius 2 is 1.57 bits per heavy atom. The molecule has 1 N–H and O–H groups in total. The highest BCUT2D eigenvalue weighted by Crippen LogP contribution is 2.54. The molecule has 2 fully saturated rings. The molecule has 0 aromatic heterocycles. The maximum absolute atomic E-state index is 14.5.